The molecule has 0 radical (unpaired) electrons. The van der Waals surface area contributed by atoms with Gasteiger partial charge in [0.25, 0.3) is 0 Å². The minimum Gasteiger partial charge on any atom is -0.462 e. The van der Waals surface area contributed by atoms with Gasteiger partial charge in [-0.05, 0) is 44.9 Å². The number of aliphatic hydroxyl groups excluding tert-OH is 5. The van der Waals surface area contributed by atoms with Crippen LogP contribution in [0.5, 0.6) is 0 Å². The summed E-state index contributed by atoms with van der Waals surface area (Å²) in [6, 6.07) is 0. The fraction of sp³-hybridized carbons (Fsp3) is 0.765. The SMILES string of the molecule is CC/C=C\C/C=C\C/C=C\CCCCCC(=O)OC(COC(=O)CCCCCCCC)COP(=O)(O)OC1C(O)C(O)C(O)C(O)C1O. The summed E-state index contributed by atoms with van der Waals surface area (Å²) >= 11 is 0. The van der Waals surface area contributed by atoms with Gasteiger partial charge in [-0.15, -0.1) is 0 Å². The van der Waals surface area contributed by atoms with E-state index in [-0.39, 0.29) is 12.8 Å². The van der Waals surface area contributed by atoms with Crippen LogP contribution in [-0.4, -0.2) is 98.3 Å². The lowest BCUT2D eigenvalue weighted by molar-refractivity contribution is -0.220. The first-order valence-corrected chi connectivity index (χ1v) is 18.8. The van der Waals surface area contributed by atoms with E-state index in [9.17, 15) is 44.6 Å². The van der Waals surface area contributed by atoms with Gasteiger partial charge in [0.15, 0.2) is 6.10 Å². The Morgan fingerprint density at radius 3 is 1.81 bits per heavy atom. The van der Waals surface area contributed by atoms with Crippen molar-refractivity contribution in [1.82, 2.24) is 0 Å². The van der Waals surface area contributed by atoms with Gasteiger partial charge in [0.05, 0.1) is 6.61 Å². The molecule has 6 unspecified atom stereocenters. The van der Waals surface area contributed by atoms with Gasteiger partial charge in [-0.3, -0.25) is 18.6 Å². The van der Waals surface area contributed by atoms with Gasteiger partial charge in [-0.2, -0.15) is 0 Å². The van der Waals surface area contributed by atoms with Crippen LogP contribution in [0.25, 0.3) is 0 Å². The Kier molecular flexibility index (Phi) is 23.8. The van der Waals surface area contributed by atoms with Crippen LogP contribution >= 0.6 is 7.82 Å². The van der Waals surface area contributed by atoms with Crippen LogP contribution in [0.4, 0.5) is 0 Å². The van der Waals surface area contributed by atoms with Crippen molar-refractivity contribution in [2.75, 3.05) is 13.2 Å². The second-order valence-electron chi connectivity index (χ2n) is 12.0. The molecule has 1 aliphatic rings. The first-order valence-electron chi connectivity index (χ1n) is 17.3. The Balaban J connectivity index is 2.61. The second kappa shape index (κ2) is 26.0. The van der Waals surface area contributed by atoms with E-state index in [0.717, 1.165) is 70.6 Å². The van der Waals surface area contributed by atoms with Crippen LogP contribution in [0.3, 0.4) is 0 Å². The van der Waals surface area contributed by atoms with E-state index in [2.05, 4.69) is 50.3 Å². The Labute approximate surface area is 285 Å². The lowest BCUT2D eigenvalue weighted by Gasteiger charge is -2.41. The highest BCUT2D eigenvalue weighted by atomic mass is 31.2. The maximum Gasteiger partial charge on any atom is 0.472 e. The van der Waals surface area contributed by atoms with Gasteiger partial charge in [-0.25, -0.2) is 4.57 Å². The molecule has 6 N–H and O–H groups in total. The molecule has 0 amide bonds. The topological polar surface area (TPSA) is 210 Å². The molecule has 278 valence electrons. The summed E-state index contributed by atoms with van der Waals surface area (Å²) in [5.74, 6) is -1.15. The molecular weight excluding hydrogens is 647 g/mol. The first kappa shape index (κ1) is 44.1. The maximum absolute atomic E-state index is 12.7. The van der Waals surface area contributed by atoms with E-state index in [4.69, 9.17) is 18.5 Å². The third-order valence-corrected chi connectivity index (χ3v) is 8.73. The lowest BCUT2D eigenvalue weighted by Crippen LogP contribution is -2.64. The van der Waals surface area contributed by atoms with Crippen LogP contribution in [-0.2, 0) is 32.7 Å². The molecule has 13 nitrogen and oxygen atoms in total. The molecule has 1 fully saturated rings. The molecule has 0 heterocycles. The summed E-state index contributed by atoms with van der Waals surface area (Å²) in [6.07, 6.45) is 11.4. The normalized spacial score (nSPS) is 25.1. The summed E-state index contributed by atoms with van der Waals surface area (Å²) in [6.45, 7) is 3.01. The molecule has 1 aliphatic carbocycles. The first-order chi connectivity index (χ1) is 22.9. The molecule has 48 heavy (non-hydrogen) atoms. The minimum absolute atomic E-state index is 0.0613. The largest absolute Gasteiger partial charge is 0.472 e. The van der Waals surface area contributed by atoms with Crippen molar-refractivity contribution in [1.29, 1.82) is 0 Å². The summed E-state index contributed by atoms with van der Waals surface area (Å²) in [7, 11) is -5.10. The van der Waals surface area contributed by atoms with Gasteiger partial charge in [0.1, 0.15) is 43.2 Å². The number of allylic oxidation sites excluding steroid dienone is 6. The van der Waals surface area contributed by atoms with Crippen molar-refractivity contribution in [2.24, 2.45) is 0 Å². The number of carbonyl (C=O) groups excluding carboxylic acids is 2. The predicted octanol–water partition coefficient (Wildman–Crippen LogP) is 4.32. The number of phosphoric acid groups is 1. The van der Waals surface area contributed by atoms with Gasteiger partial charge >= 0.3 is 19.8 Å². The fourth-order valence-electron chi connectivity index (χ4n) is 4.89. The van der Waals surface area contributed by atoms with Crippen LogP contribution in [0.2, 0.25) is 0 Å². The number of ether oxygens (including phenoxy) is 2. The highest BCUT2D eigenvalue weighted by molar-refractivity contribution is 7.47. The monoisotopic (exact) mass is 706 g/mol. The zero-order chi connectivity index (χ0) is 35.8. The zero-order valence-corrected chi connectivity index (χ0v) is 29.4. The smallest absolute Gasteiger partial charge is 0.462 e. The molecule has 6 atom stereocenters. The summed E-state index contributed by atoms with van der Waals surface area (Å²) < 4.78 is 33.0. The van der Waals surface area contributed by atoms with E-state index in [0.29, 0.717) is 12.8 Å². The van der Waals surface area contributed by atoms with E-state index in [1.54, 1.807) is 0 Å². The number of carbonyl (C=O) groups is 2. The van der Waals surface area contributed by atoms with Crippen molar-refractivity contribution in [2.45, 2.75) is 153 Å². The zero-order valence-electron chi connectivity index (χ0n) is 28.5. The second-order valence-corrected chi connectivity index (χ2v) is 13.4. The maximum atomic E-state index is 12.7. The molecule has 0 saturated heterocycles. The number of rotatable bonds is 26. The van der Waals surface area contributed by atoms with Crippen molar-refractivity contribution in [3.63, 3.8) is 0 Å². The average Bonchev–Trinajstić information content (AvgIpc) is 3.06. The van der Waals surface area contributed by atoms with E-state index >= 15 is 0 Å². The van der Waals surface area contributed by atoms with Crippen molar-refractivity contribution in [3.05, 3.63) is 36.5 Å². The Bertz CT molecular complexity index is 1000. The minimum atomic E-state index is -5.10. The quantitative estimate of drug-likeness (QED) is 0.0321. The highest BCUT2D eigenvalue weighted by Gasteiger charge is 2.51. The molecule has 0 aromatic heterocycles. The van der Waals surface area contributed by atoms with Gasteiger partial charge in [-0.1, -0.05) is 88.8 Å². The molecule has 0 spiro atoms. The van der Waals surface area contributed by atoms with Crippen molar-refractivity contribution >= 4 is 19.8 Å². The van der Waals surface area contributed by atoms with Gasteiger partial charge in [0.2, 0.25) is 0 Å². The van der Waals surface area contributed by atoms with E-state index in [1.165, 1.54) is 0 Å². The Morgan fingerprint density at radius 2 is 1.19 bits per heavy atom. The average molecular weight is 707 g/mol. The van der Waals surface area contributed by atoms with E-state index < -0.39 is 75.7 Å². The molecular formula is C34H59O13P. The van der Waals surface area contributed by atoms with Gasteiger partial charge in [0, 0.05) is 12.8 Å². The fourth-order valence-corrected chi connectivity index (χ4v) is 5.86. The van der Waals surface area contributed by atoms with Gasteiger partial charge < -0.3 is 39.9 Å². The van der Waals surface area contributed by atoms with E-state index in [1.807, 2.05) is 0 Å². The summed E-state index contributed by atoms with van der Waals surface area (Å²) in [5.41, 5.74) is 0. The van der Waals surface area contributed by atoms with Crippen LogP contribution in [0.1, 0.15) is 110 Å². The molecule has 0 aromatic carbocycles. The van der Waals surface area contributed by atoms with Crippen molar-refractivity contribution in [3.8, 4) is 0 Å². The summed E-state index contributed by atoms with van der Waals surface area (Å²) in [5, 5.41) is 49.7. The van der Waals surface area contributed by atoms with Crippen molar-refractivity contribution < 1.29 is 63.1 Å². The number of hydrogen-bond donors (Lipinski definition) is 6. The molecule has 0 bridgehead atoms. The van der Waals surface area contributed by atoms with Crippen LogP contribution < -0.4 is 0 Å². The van der Waals surface area contributed by atoms with Crippen LogP contribution in [0, 0.1) is 0 Å². The third kappa shape index (κ3) is 19.3. The number of phosphoric ester groups is 1. The van der Waals surface area contributed by atoms with Crippen LogP contribution in [0.15, 0.2) is 36.5 Å². The molecule has 1 rings (SSSR count). The molecule has 0 aromatic rings. The highest BCUT2D eigenvalue weighted by Crippen LogP contribution is 2.47. The number of unbranched alkanes of at least 4 members (excludes halogenated alkanes) is 8. The lowest BCUT2D eigenvalue weighted by atomic mass is 9.85. The number of aliphatic hydroxyl groups is 5. The predicted molar refractivity (Wildman–Crippen MR) is 180 cm³/mol. The third-order valence-electron chi connectivity index (χ3n) is 7.75. The Hall–Kier alpha value is -1.93. The molecule has 1 saturated carbocycles. The number of hydrogen-bond acceptors (Lipinski definition) is 12. The Morgan fingerprint density at radius 1 is 0.667 bits per heavy atom. The number of esters is 2. The standard InChI is InChI=1S/C34H59O13P/c1-3-5-7-9-11-12-13-14-15-16-17-19-21-23-28(36)46-26(24-44-27(35)22-20-18-10-8-6-4-2)25-45-48(42,43)47-34-32(40)30(38)29(37)31(39)33(34)41/h5,7,11-12,14-15,26,29-34,37-41H,3-4,6,8-10,13,16-25H2,1-2H3,(H,42,43)/b7-5-,12-11-,15-14-. The molecule has 14 heteroatoms. The summed E-state index contributed by atoms with van der Waals surface area (Å²) in [4.78, 5) is 35.1. The molecule has 0 aliphatic heterocycles.